The minimum absolute atomic E-state index is 0.0344. The van der Waals surface area contributed by atoms with Gasteiger partial charge in [0.05, 0.1) is 4.47 Å². The molecule has 0 bridgehead atoms. The molecule has 1 unspecified atom stereocenters. The Labute approximate surface area is 110 Å². The van der Waals surface area contributed by atoms with Crippen LogP contribution < -0.4 is 5.32 Å². The number of amides is 1. The number of ether oxygens (including phenoxy) is 1. The van der Waals surface area contributed by atoms with Crippen LogP contribution in [0.25, 0.3) is 0 Å². The van der Waals surface area contributed by atoms with Gasteiger partial charge in [-0.3, -0.25) is 4.79 Å². The topological polar surface area (TPSA) is 58.6 Å². The zero-order valence-corrected chi connectivity index (χ0v) is 10.9. The molecule has 1 aromatic carbocycles. The van der Waals surface area contributed by atoms with Gasteiger partial charge >= 0.3 is 0 Å². The van der Waals surface area contributed by atoms with Crippen molar-refractivity contribution in [3.8, 4) is 0 Å². The Hall–Kier alpha value is -1.05. The van der Waals surface area contributed by atoms with Crippen LogP contribution in [0.4, 0.5) is 8.78 Å². The molecular weight excluding hydrogens is 312 g/mol. The number of aliphatic hydroxyl groups is 1. The monoisotopic (exact) mass is 321 g/mol. The summed E-state index contributed by atoms with van der Waals surface area (Å²) in [6.45, 7) is 1.10. The van der Waals surface area contributed by atoms with Crippen molar-refractivity contribution in [2.75, 3.05) is 6.61 Å². The molecule has 0 spiro atoms. The molecule has 1 aliphatic rings. The lowest BCUT2D eigenvalue weighted by Crippen LogP contribution is -2.58. The number of nitrogens with one attached hydrogen (secondary N) is 1. The molecule has 0 saturated carbocycles. The van der Waals surface area contributed by atoms with Gasteiger partial charge < -0.3 is 15.2 Å². The van der Waals surface area contributed by atoms with Gasteiger partial charge in [0.1, 0.15) is 23.8 Å². The van der Waals surface area contributed by atoms with Crippen molar-refractivity contribution in [3.63, 3.8) is 0 Å². The molecule has 2 atom stereocenters. The Balaban J connectivity index is 2.52. The number of aliphatic hydroxyl groups excluding tert-OH is 1. The number of carbonyl (C=O) groups is 1. The van der Waals surface area contributed by atoms with Crippen molar-refractivity contribution in [2.45, 2.75) is 18.8 Å². The minimum Gasteiger partial charge on any atom is -0.366 e. The predicted molar refractivity (Wildman–Crippen MR) is 61.5 cm³/mol. The van der Waals surface area contributed by atoms with E-state index in [1.807, 2.05) is 0 Å². The quantitative estimate of drug-likeness (QED) is 0.769. The van der Waals surface area contributed by atoms with Gasteiger partial charge in [-0.15, -0.1) is 0 Å². The Bertz CT molecular complexity index is 511. The third-order valence-electron chi connectivity index (χ3n) is 2.83. The van der Waals surface area contributed by atoms with E-state index in [1.54, 1.807) is 0 Å². The van der Waals surface area contributed by atoms with Crippen LogP contribution >= 0.6 is 15.9 Å². The van der Waals surface area contributed by atoms with Crippen LogP contribution in [0.2, 0.25) is 0 Å². The third kappa shape index (κ3) is 2.13. The van der Waals surface area contributed by atoms with E-state index in [2.05, 4.69) is 21.2 Å². The predicted octanol–water partition coefficient (Wildman–Crippen LogP) is 1.41. The van der Waals surface area contributed by atoms with Crippen molar-refractivity contribution in [1.82, 2.24) is 5.32 Å². The molecule has 4 nitrogen and oxygen atoms in total. The van der Waals surface area contributed by atoms with Crippen LogP contribution in [-0.4, -0.2) is 23.9 Å². The van der Waals surface area contributed by atoms with E-state index in [0.29, 0.717) is 6.07 Å². The van der Waals surface area contributed by atoms with Crippen LogP contribution in [0.15, 0.2) is 16.6 Å². The van der Waals surface area contributed by atoms with E-state index in [9.17, 15) is 18.7 Å². The third-order valence-corrected chi connectivity index (χ3v) is 3.44. The van der Waals surface area contributed by atoms with Gasteiger partial charge in [-0.2, -0.15) is 0 Å². The molecule has 1 saturated heterocycles. The van der Waals surface area contributed by atoms with Gasteiger partial charge in [0.25, 0.3) is 0 Å². The largest absolute Gasteiger partial charge is 0.366 e. The highest BCUT2D eigenvalue weighted by molar-refractivity contribution is 9.10. The van der Waals surface area contributed by atoms with E-state index in [4.69, 9.17) is 4.74 Å². The first-order valence-corrected chi connectivity index (χ1v) is 5.89. The van der Waals surface area contributed by atoms with Crippen LogP contribution in [0.1, 0.15) is 12.5 Å². The van der Waals surface area contributed by atoms with Crippen molar-refractivity contribution < 1.29 is 23.4 Å². The molecule has 1 heterocycles. The Kier molecular flexibility index (Phi) is 3.39. The zero-order chi connectivity index (χ0) is 13.5. The normalized spacial score (nSPS) is 28.1. The number of morpholine rings is 1. The molecule has 1 aromatic rings. The highest BCUT2D eigenvalue weighted by Crippen LogP contribution is 2.33. The highest BCUT2D eigenvalue weighted by Gasteiger charge is 2.43. The molecule has 18 heavy (non-hydrogen) atoms. The summed E-state index contributed by atoms with van der Waals surface area (Å²) in [5.74, 6) is -2.12. The molecule has 1 fully saturated rings. The molecule has 98 valence electrons. The summed E-state index contributed by atoms with van der Waals surface area (Å²) in [5, 5.41) is 12.2. The lowest BCUT2D eigenvalue weighted by Gasteiger charge is -2.39. The first-order valence-electron chi connectivity index (χ1n) is 5.10. The van der Waals surface area contributed by atoms with Crippen LogP contribution in [0.3, 0.4) is 0 Å². The zero-order valence-electron chi connectivity index (χ0n) is 9.34. The smallest absolute Gasteiger partial charge is 0.246 e. The molecule has 2 rings (SSSR count). The van der Waals surface area contributed by atoms with Gasteiger partial charge in [-0.1, -0.05) is 0 Å². The second kappa shape index (κ2) is 4.56. The Morgan fingerprint density at radius 3 is 2.83 bits per heavy atom. The number of rotatable bonds is 1. The van der Waals surface area contributed by atoms with Gasteiger partial charge in [-0.05, 0) is 28.9 Å². The molecule has 2 N–H and O–H groups in total. The summed E-state index contributed by atoms with van der Waals surface area (Å²) in [6, 6.07) is 1.85. The standard InChI is InChI=1S/C11H10BrF2NO3/c1-11(10(17)18-4-9(16)15-11)5-2-6(12)8(14)3-7(5)13/h2-3,10,17H,4H2,1H3,(H,15,16)/t10-,11?/m1/s1. The Morgan fingerprint density at radius 1 is 1.50 bits per heavy atom. The van der Waals surface area contributed by atoms with Gasteiger partial charge in [0.2, 0.25) is 5.91 Å². The first-order chi connectivity index (χ1) is 8.34. The molecule has 0 radical (unpaired) electrons. The SMILES string of the molecule is CC1(c2cc(Br)c(F)cc2F)NC(=O)CO[C@H]1O. The number of carbonyl (C=O) groups excluding carboxylic acids is 1. The van der Waals surface area contributed by atoms with E-state index in [0.717, 1.165) is 0 Å². The Morgan fingerprint density at radius 2 is 2.17 bits per heavy atom. The van der Waals surface area contributed by atoms with E-state index < -0.39 is 29.4 Å². The van der Waals surface area contributed by atoms with Crippen molar-refractivity contribution in [3.05, 3.63) is 33.8 Å². The fourth-order valence-corrected chi connectivity index (χ4v) is 2.17. The minimum atomic E-state index is -1.46. The molecule has 1 amide bonds. The maximum atomic E-state index is 13.8. The summed E-state index contributed by atoms with van der Waals surface area (Å²) >= 11 is 2.93. The lowest BCUT2D eigenvalue weighted by molar-refractivity contribution is -0.187. The van der Waals surface area contributed by atoms with Crippen molar-refractivity contribution >= 4 is 21.8 Å². The number of benzene rings is 1. The molecular formula is C11H10BrF2NO3. The lowest BCUT2D eigenvalue weighted by atomic mass is 9.89. The van der Waals surface area contributed by atoms with E-state index >= 15 is 0 Å². The van der Waals surface area contributed by atoms with Crippen molar-refractivity contribution in [1.29, 1.82) is 0 Å². The number of hydrogen-bond acceptors (Lipinski definition) is 3. The van der Waals surface area contributed by atoms with Crippen LogP contribution in [0.5, 0.6) is 0 Å². The van der Waals surface area contributed by atoms with Gasteiger partial charge in [0, 0.05) is 11.6 Å². The van der Waals surface area contributed by atoms with Gasteiger partial charge in [0.15, 0.2) is 6.29 Å². The first kappa shape index (κ1) is 13.4. The van der Waals surface area contributed by atoms with Gasteiger partial charge in [-0.25, -0.2) is 8.78 Å². The summed E-state index contributed by atoms with van der Waals surface area (Å²) < 4.78 is 31.8. The molecule has 0 aliphatic carbocycles. The highest BCUT2D eigenvalue weighted by atomic mass is 79.9. The molecule has 0 aromatic heterocycles. The van der Waals surface area contributed by atoms with Crippen LogP contribution in [0, 0.1) is 11.6 Å². The fraction of sp³-hybridized carbons (Fsp3) is 0.364. The average Bonchev–Trinajstić information content (AvgIpc) is 2.29. The molecule has 7 heteroatoms. The summed E-state index contributed by atoms with van der Waals surface area (Å²) in [4.78, 5) is 11.3. The van der Waals surface area contributed by atoms with Crippen LogP contribution in [-0.2, 0) is 15.1 Å². The molecule has 1 aliphatic heterocycles. The summed E-state index contributed by atoms with van der Waals surface area (Å²) in [5.41, 5.74) is -1.52. The number of hydrogen-bond donors (Lipinski definition) is 2. The summed E-state index contributed by atoms with van der Waals surface area (Å²) in [6.07, 6.45) is -1.41. The fourth-order valence-electron chi connectivity index (χ4n) is 1.83. The number of halogens is 3. The van der Waals surface area contributed by atoms with E-state index in [-0.39, 0.29) is 16.6 Å². The second-order valence-electron chi connectivity index (χ2n) is 4.16. The summed E-state index contributed by atoms with van der Waals surface area (Å²) in [7, 11) is 0. The average molecular weight is 322 g/mol. The second-order valence-corrected chi connectivity index (χ2v) is 5.01. The maximum absolute atomic E-state index is 13.8. The van der Waals surface area contributed by atoms with Crippen molar-refractivity contribution in [2.24, 2.45) is 0 Å². The maximum Gasteiger partial charge on any atom is 0.246 e. The van der Waals surface area contributed by atoms with E-state index in [1.165, 1.54) is 13.0 Å².